The van der Waals surface area contributed by atoms with Gasteiger partial charge in [0.2, 0.25) is 0 Å². The summed E-state index contributed by atoms with van der Waals surface area (Å²) in [6.45, 7) is 9.57. The van der Waals surface area contributed by atoms with Gasteiger partial charge in [0.05, 0.1) is 22.4 Å². The highest BCUT2D eigenvalue weighted by atomic mass is 14.8. The van der Waals surface area contributed by atoms with Crippen LogP contribution in [0, 0.1) is 0 Å². The molecule has 0 saturated carbocycles. The average Bonchev–Trinajstić information content (AvgIpc) is 3.11. The fraction of sp³-hybridized carbons (Fsp3) is 0.136. The standard InChI is InChI=1S/C44H36N2/c1-43(2)36-19-13-18-34(31-16-9-6-10-17-31)40(36)35-27-26-33(28-37(35)44(43,3)4)42-41(45-38-20-11-12-21-39(38)46-42)32-24-22-30(23-25-32)29-14-7-5-8-15-29/h5-28H,1-4H3. The van der Waals surface area contributed by atoms with Gasteiger partial charge in [-0.25, -0.2) is 9.97 Å². The lowest BCUT2D eigenvalue weighted by molar-refractivity contribution is 0.299. The van der Waals surface area contributed by atoms with Crippen molar-refractivity contribution in [3.05, 3.63) is 157 Å². The molecule has 0 saturated heterocycles. The van der Waals surface area contributed by atoms with E-state index in [1.807, 2.05) is 12.1 Å². The molecule has 222 valence electrons. The van der Waals surface area contributed by atoms with Gasteiger partial charge in [-0.3, -0.25) is 0 Å². The van der Waals surface area contributed by atoms with Gasteiger partial charge in [0.1, 0.15) is 0 Å². The summed E-state index contributed by atoms with van der Waals surface area (Å²) in [5, 5.41) is 0. The molecule has 0 radical (unpaired) electrons. The molecular weight excluding hydrogens is 556 g/mol. The molecule has 0 unspecified atom stereocenters. The van der Waals surface area contributed by atoms with Crippen molar-refractivity contribution in [1.29, 1.82) is 0 Å². The molecule has 0 bridgehead atoms. The smallest absolute Gasteiger partial charge is 0.0973 e. The van der Waals surface area contributed by atoms with E-state index in [1.54, 1.807) is 0 Å². The molecule has 0 spiro atoms. The summed E-state index contributed by atoms with van der Waals surface area (Å²) >= 11 is 0. The zero-order chi connectivity index (χ0) is 31.5. The van der Waals surface area contributed by atoms with Gasteiger partial charge in [0.15, 0.2) is 0 Å². The van der Waals surface area contributed by atoms with Gasteiger partial charge in [-0.2, -0.15) is 0 Å². The third kappa shape index (κ3) is 4.40. The van der Waals surface area contributed by atoms with Crippen molar-refractivity contribution in [2.75, 3.05) is 0 Å². The summed E-state index contributed by atoms with van der Waals surface area (Å²) in [5.41, 5.74) is 15.8. The Hall–Kier alpha value is -5.34. The minimum atomic E-state index is -0.136. The van der Waals surface area contributed by atoms with Crippen molar-refractivity contribution in [3.8, 4) is 55.9 Å². The van der Waals surface area contributed by atoms with Crippen LogP contribution in [0.2, 0.25) is 0 Å². The van der Waals surface area contributed by atoms with Crippen molar-refractivity contribution in [3.63, 3.8) is 0 Å². The maximum atomic E-state index is 5.28. The van der Waals surface area contributed by atoms with Gasteiger partial charge in [-0.15, -0.1) is 0 Å². The van der Waals surface area contributed by atoms with Crippen molar-refractivity contribution >= 4 is 11.0 Å². The zero-order valence-corrected chi connectivity index (χ0v) is 26.8. The quantitative estimate of drug-likeness (QED) is 0.203. The molecule has 0 atom stereocenters. The number of aromatic nitrogens is 2. The fourth-order valence-corrected chi connectivity index (χ4v) is 7.18. The van der Waals surface area contributed by atoms with E-state index >= 15 is 0 Å². The van der Waals surface area contributed by atoms with E-state index in [2.05, 4.69) is 161 Å². The molecule has 2 nitrogen and oxygen atoms in total. The van der Waals surface area contributed by atoms with Crippen molar-refractivity contribution in [1.82, 2.24) is 9.97 Å². The third-order valence-electron chi connectivity index (χ3n) is 10.5. The molecule has 1 aliphatic carbocycles. The fourth-order valence-electron chi connectivity index (χ4n) is 7.18. The molecule has 1 aliphatic rings. The van der Waals surface area contributed by atoms with Gasteiger partial charge >= 0.3 is 0 Å². The minimum Gasteiger partial charge on any atom is -0.244 e. The van der Waals surface area contributed by atoms with E-state index in [0.717, 1.165) is 33.5 Å². The van der Waals surface area contributed by atoms with E-state index in [9.17, 15) is 0 Å². The molecule has 46 heavy (non-hydrogen) atoms. The lowest BCUT2D eigenvalue weighted by atomic mass is 9.54. The second kappa shape index (κ2) is 10.6. The first-order valence-electron chi connectivity index (χ1n) is 16.1. The first-order chi connectivity index (χ1) is 22.3. The maximum absolute atomic E-state index is 5.28. The van der Waals surface area contributed by atoms with Crippen molar-refractivity contribution in [2.24, 2.45) is 0 Å². The van der Waals surface area contributed by atoms with Gasteiger partial charge in [0.25, 0.3) is 0 Å². The first kappa shape index (κ1) is 28.2. The van der Waals surface area contributed by atoms with Crippen LogP contribution in [-0.2, 0) is 10.8 Å². The highest BCUT2D eigenvalue weighted by Crippen LogP contribution is 2.56. The maximum Gasteiger partial charge on any atom is 0.0973 e. The number of nitrogens with zero attached hydrogens (tertiary/aromatic N) is 2. The summed E-state index contributed by atoms with van der Waals surface area (Å²) < 4.78 is 0. The summed E-state index contributed by atoms with van der Waals surface area (Å²) in [6, 6.07) is 52.0. The van der Waals surface area contributed by atoms with Crippen LogP contribution in [-0.4, -0.2) is 9.97 Å². The van der Waals surface area contributed by atoms with Crippen LogP contribution in [0.3, 0.4) is 0 Å². The topological polar surface area (TPSA) is 25.8 Å². The lowest BCUT2D eigenvalue weighted by Gasteiger charge is -2.49. The van der Waals surface area contributed by atoms with Gasteiger partial charge in [0, 0.05) is 11.1 Å². The predicted octanol–water partition coefficient (Wildman–Crippen LogP) is 11.5. The van der Waals surface area contributed by atoms with Gasteiger partial charge in [-0.05, 0) is 73.5 Å². The normalized spacial score (nSPS) is 14.4. The van der Waals surface area contributed by atoms with Crippen LogP contribution in [0.15, 0.2) is 146 Å². The van der Waals surface area contributed by atoms with E-state index in [0.29, 0.717) is 0 Å². The van der Waals surface area contributed by atoms with Crippen LogP contribution in [0.1, 0.15) is 38.8 Å². The molecule has 2 heteroatoms. The number of para-hydroxylation sites is 2. The molecule has 6 aromatic carbocycles. The van der Waals surface area contributed by atoms with Crippen LogP contribution < -0.4 is 0 Å². The van der Waals surface area contributed by atoms with Gasteiger partial charge < -0.3 is 0 Å². The summed E-state index contributed by atoms with van der Waals surface area (Å²) in [7, 11) is 0. The average molecular weight is 593 g/mol. The Morgan fingerprint density at radius 1 is 0.370 bits per heavy atom. The van der Waals surface area contributed by atoms with Crippen LogP contribution in [0.5, 0.6) is 0 Å². The summed E-state index contributed by atoms with van der Waals surface area (Å²) in [4.78, 5) is 10.5. The highest BCUT2D eigenvalue weighted by molar-refractivity contribution is 5.93. The van der Waals surface area contributed by atoms with E-state index in [-0.39, 0.29) is 10.8 Å². The Kier molecular flexibility index (Phi) is 6.51. The Morgan fingerprint density at radius 2 is 0.870 bits per heavy atom. The van der Waals surface area contributed by atoms with Crippen molar-refractivity contribution in [2.45, 2.75) is 38.5 Å². The Bertz CT molecular complexity index is 2230. The van der Waals surface area contributed by atoms with E-state index < -0.39 is 0 Å². The molecule has 0 aliphatic heterocycles. The van der Waals surface area contributed by atoms with E-state index in [4.69, 9.17) is 9.97 Å². The SMILES string of the molecule is CC1(C)c2cc(-c3nc4ccccc4nc3-c3ccc(-c4ccccc4)cc3)ccc2-c2c(-c3ccccc3)cccc2C1(C)C. The van der Waals surface area contributed by atoms with Crippen LogP contribution in [0.4, 0.5) is 0 Å². The predicted molar refractivity (Wildman–Crippen MR) is 193 cm³/mol. The molecule has 0 amide bonds. The van der Waals surface area contributed by atoms with Crippen LogP contribution >= 0.6 is 0 Å². The monoisotopic (exact) mass is 592 g/mol. The Labute approximate surface area is 271 Å². The first-order valence-corrected chi connectivity index (χ1v) is 16.1. The third-order valence-corrected chi connectivity index (χ3v) is 10.5. The number of fused-ring (bicyclic) bond motifs is 4. The van der Waals surface area contributed by atoms with E-state index in [1.165, 1.54) is 44.5 Å². The number of hydrogen-bond donors (Lipinski definition) is 0. The number of benzene rings is 6. The largest absolute Gasteiger partial charge is 0.244 e. The number of hydrogen-bond acceptors (Lipinski definition) is 2. The second-order valence-electron chi connectivity index (χ2n) is 13.5. The summed E-state index contributed by atoms with van der Waals surface area (Å²) in [5.74, 6) is 0. The lowest BCUT2D eigenvalue weighted by Crippen LogP contribution is -2.43. The molecule has 0 N–H and O–H groups in total. The molecular formula is C44H36N2. The zero-order valence-electron chi connectivity index (χ0n) is 26.8. The highest BCUT2D eigenvalue weighted by Gasteiger charge is 2.46. The molecule has 7 aromatic rings. The summed E-state index contributed by atoms with van der Waals surface area (Å²) in [6.07, 6.45) is 0. The molecule has 1 aromatic heterocycles. The Morgan fingerprint density at radius 3 is 1.52 bits per heavy atom. The second-order valence-corrected chi connectivity index (χ2v) is 13.5. The molecule has 8 rings (SSSR count). The van der Waals surface area contributed by atoms with Crippen LogP contribution in [0.25, 0.3) is 66.9 Å². The molecule has 1 heterocycles. The van der Waals surface area contributed by atoms with Crippen molar-refractivity contribution < 1.29 is 0 Å². The number of rotatable bonds is 4. The minimum absolute atomic E-state index is 0.107. The Balaban J connectivity index is 1.34. The van der Waals surface area contributed by atoms with Gasteiger partial charge in [-0.1, -0.05) is 155 Å². The molecule has 0 fully saturated rings.